The van der Waals surface area contributed by atoms with Crippen LogP contribution >= 0.6 is 22.7 Å². The van der Waals surface area contributed by atoms with Crippen LogP contribution in [0.1, 0.15) is 23.4 Å². The van der Waals surface area contributed by atoms with Crippen LogP contribution in [0, 0.1) is 0 Å². The summed E-state index contributed by atoms with van der Waals surface area (Å²) in [7, 11) is 1.36. The molecule has 5 nitrogen and oxygen atoms in total. The van der Waals surface area contributed by atoms with Gasteiger partial charge in [0.15, 0.2) is 0 Å². The second-order valence-corrected chi connectivity index (χ2v) is 7.22. The highest BCUT2D eigenvalue weighted by Crippen LogP contribution is 2.32. The van der Waals surface area contributed by atoms with E-state index in [1.807, 2.05) is 34.3 Å². The van der Waals surface area contributed by atoms with Crippen LogP contribution in [0.2, 0.25) is 0 Å². The van der Waals surface area contributed by atoms with Gasteiger partial charge in [-0.2, -0.15) is 11.3 Å². The predicted octanol–water partition coefficient (Wildman–Crippen LogP) is 3.57. The Kier molecular flexibility index (Phi) is 5.01. The van der Waals surface area contributed by atoms with Gasteiger partial charge in [-0.05, 0) is 47.2 Å². The van der Waals surface area contributed by atoms with Crippen molar-refractivity contribution in [2.24, 2.45) is 0 Å². The minimum Gasteiger partial charge on any atom is -0.466 e. The van der Waals surface area contributed by atoms with Crippen LogP contribution in [0.4, 0.5) is 4.79 Å². The highest BCUT2D eigenvalue weighted by Gasteiger charge is 2.36. The number of amides is 2. The third-order valence-corrected chi connectivity index (χ3v) is 5.68. The Hall–Kier alpha value is -2.12. The van der Waals surface area contributed by atoms with Crippen LogP contribution < -0.4 is 5.32 Å². The molecule has 1 unspecified atom stereocenters. The predicted molar refractivity (Wildman–Crippen MR) is 95.0 cm³/mol. The van der Waals surface area contributed by atoms with Gasteiger partial charge in [0, 0.05) is 17.1 Å². The lowest BCUT2D eigenvalue weighted by Gasteiger charge is -2.34. The molecule has 0 bridgehead atoms. The summed E-state index contributed by atoms with van der Waals surface area (Å²) in [6.45, 7) is 2.33. The summed E-state index contributed by atoms with van der Waals surface area (Å²) in [5.74, 6) is -0.412. The summed E-state index contributed by atoms with van der Waals surface area (Å²) in [6, 6.07) is 5.29. The molecule has 2 aromatic rings. The Morgan fingerprint density at radius 3 is 2.83 bits per heavy atom. The standard InChI is InChI=1S/C17H18N2O3S2/c1-11-14(16(20)22-2)15(12-6-9-23-10-12)18-17(21)19(11)7-5-13-4-3-8-24-13/h3-4,6,8-10,15H,5,7H2,1-2H3,(H,18,21). The summed E-state index contributed by atoms with van der Waals surface area (Å²) in [5, 5.41) is 8.81. The minimum atomic E-state index is -0.464. The van der Waals surface area contributed by atoms with E-state index in [9.17, 15) is 9.59 Å². The number of esters is 1. The lowest BCUT2D eigenvalue weighted by Crippen LogP contribution is -2.48. The van der Waals surface area contributed by atoms with Crippen molar-refractivity contribution in [3.63, 3.8) is 0 Å². The molecule has 1 atom stereocenters. The molecule has 0 spiro atoms. The second kappa shape index (κ2) is 7.19. The smallest absolute Gasteiger partial charge is 0.337 e. The molecule has 24 heavy (non-hydrogen) atoms. The third-order valence-electron chi connectivity index (χ3n) is 4.04. The molecule has 0 aliphatic carbocycles. The monoisotopic (exact) mass is 362 g/mol. The first-order valence-corrected chi connectivity index (χ1v) is 9.35. The van der Waals surface area contributed by atoms with Crippen LogP contribution in [-0.2, 0) is 16.0 Å². The average Bonchev–Trinajstić information content (AvgIpc) is 3.27. The minimum absolute atomic E-state index is 0.187. The molecule has 0 aromatic carbocycles. The number of hydrogen-bond donors (Lipinski definition) is 1. The van der Waals surface area contributed by atoms with E-state index < -0.39 is 12.0 Å². The second-order valence-electron chi connectivity index (χ2n) is 5.41. The number of carbonyl (C=O) groups is 2. The van der Waals surface area contributed by atoms with Gasteiger partial charge in [-0.25, -0.2) is 9.59 Å². The fraction of sp³-hybridized carbons (Fsp3) is 0.294. The van der Waals surface area contributed by atoms with E-state index in [4.69, 9.17) is 4.74 Å². The fourth-order valence-electron chi connectivity index (χ4n) is 2.79. The van der Waals surface area contributed by atoms with Crippen molar-refractivity contribution in [3.8, 4) is 0 Å². The van der Waals surface area contributed by atoms with Gasteiger partial charge in [-0.15, -0.1) is 11.3 Å². The molecular weight excluding hydrogens is 344 g/mol. The summed E-state index contributed by atoms with van der Waals surface area (Å²) in [4.78, 5) is 27.7. The van der Waals surface area contributed by atoms with Crippen molar-refractivity contribution in [1.29, 1.82) is 0 Å². The molecule has 126 valence electrons. The molecule has 7 heteroatoms. The van der Waals surface area contributed by atoms with E-state index in [0.29, 0.717) is 17.8 Å². The van der Waals surface area contributed by atoms with E-state index in [1.54, 1.807) is 23.2 Å². The Morgan fingerprint density at radius 2 is 2.21 bits per heavy atom. The van der Waals surface area contributed by atoms with Crippen LogP contribution in [-0.4, -0.2) is 30.6 Å². The third kappa shape index (κ3) is 3.22. The molecule has 1 aliphatic rings. The molecule has 3 heterocycles. The Labute approximate surface area is 148 Å². The summed E-state index contributed by atoms with van der Waals surface area (Å²) in [6.07, 6.45) is 0.750. The normalized spacial score (nSPS) is 17.8. The Morgan fingerprint density at radius 1 is 1.38 bits per heavy atom. The number of carbonyl (C=O) groups excluding carboxylic acids is 2. The highest BCUT2D eigenvalue weighted by molar-refractivity contribution is 7.09. The van der Waals surface area contributed by atoms with Crippen molar-refractivity contribution < 1.29 is 14.3 Å². The quantitative estimate of drug-likeness (QED) is 0.828. The molecule has 3 rings (SSSR count). The lowest BCUT2D eigenvalue weighted by atomic mass is 9.97. The van der Waals surface area contributed by atoms with Crippen molar-refractivity contribution in [1.82, 2.24) is 10.2 Å². The zero-order valence-electron chi connectivity index (χ0n) is 13.4. The summed E-state index contributed by atoms with van der Waals surface area (Å²) < 4.78 is 4.95. The maximum Gasteiger partial charge on any atom is 0.337 e. The molecule has 0 radical (unpaired) electrons. The Balaban J connectivity index is 1.91. The number of thiophene rings is 2. The topological polar surface area (TPSA) is 58.6 Å². The fourth-order valence-corrected chi connectivity index (χ4v) is 4.18. The average molecular weight is 362 g/mol. The number of hydrogen-bond acceptors (Lipinski definition) is 5. The Bertz CT molecular complexity index is 751. The number of rotatable bonds is 5. The van der Waals surface area contributed by atoms with Crippen LogP contribution in [0.5, 0.6) is 0 Å². The van der Waals surface area contributed by atoms with Gasteiger partial charge in [0.2, 0.25) is 0 Å². The number of allylic oxidation sites excluding steroid dienone is 1. The first kappa shape index (κ1) is 16.7. The molecule has 0 saturated carbocycles. The molecule has 2 amide bonds. The molecule has 2 aromatic heterocycles. The number of ether oxygens (including phenoxy) is 1. The van der Waals surface area contributed by atoms with Crippen molar-refractivity contribution in [2.75, 3.05) is 13.7 Å². The molecule has 1 N–H and O–H groups in total. The van der Waals surface area contributed by atoms with E-state index >= 15 is 0 Å². The summed E-state index contributed by atoms with van der Waals surface area (Å²) in [5.41, 5.74) is 2.03. The van der Waals surface area contributed by atoms with E-state index in [1.165, 1.54) is 23.3 Å². The number of nitrogens with one attached hydrogen (secondary N) is 1. The van der Waals surface area contributed by atoms with E-state index in [0.717, 1.165) is 12.0 Å². The largest absolute Gasteiger partial charge is 0.466 e. The van der Waals surface area contributed by atoms with Gasteiger partial charge in [-0.1, -0.05) is 6.07 Å². The van der Waals surface area contributed by atoms with Gasteiger partial charge in [0.25, 0.3) is 0 Å². The van der Waals surface area contributed by atoms with Crippen molar-refractivity contribution in [3.05, 3.63) is 56.1 Å². The highest BCUT2D eigenvalue weighted by atomic mass is 32.1. The summed E-state index contributed by atoms with van der Waals surface area (Å²) >= 11 is 3.19. The van der Waals surface area contributed by atoms with Crippen LogP contribution in [0.3, 0.4) is 0 Å². The lowest BCUT2D eigenvalue weighted by molar-refractivity contribution is -0.136. The van der Waals surface area contributed by atoms with Crippen molar-refractivity contribution in [2.45, 2.75) is 19.4 Å². The molecule has 0 fully saturated rings. The molecular formula is C17H18N2O3S2. The molecule has 0 saturated heterocycles. The van der Waals surface area contributed by atoms with Crippen LogP contribution in [0.25, 0.3) is 0 Å². The van der Waals surface area contributed by atoms with Crippen LogP contribution in [0.15, 0.2) is 45.6 Å². The van der Waals surface area contributed by atoms with Gasteiger partial charge in [-0.3, -0.25) is 4.90 Å². The first-order valence-electron chi connectivity index (χ1n) is 7.53. The number of urea groups is 1. The number of nitrogens with zero attached hydrogens (tertiary/aromatic N) is 1. The van der Waals surface area contributed by atoms with Gasteiger partial charge < -0.3 is 10.1 Å². The maximum absolute atomic E-state index is 12.6. The van der Waals surface area contributed by atoms with Gasteiger partial charge in [0.05, 0.1) is 18.7 Å². The van der Waals surface area contributed by atoms with Crippen molar-refractivity contribution >= 4 is 34.7 Å². The molecule has 1 aliphatic heterocycles. The zero-order chi connectivity index (χ0) is 17.1. The first-order chi connectivity index (χ1) is 11.6. The SMILES string of the molecule is COC(=O)C1=C(C)N(CCc2cccs2)C(=O)NC1c1ccsc1. The number of methoxy groups -OCH3 is 1. The van der Waals surface area contributed by atoms with E-state index in [2.05, 4.69) is 5.32 Å². The van der Waals surface area contributed by atoms with Gasteiger partial charge >= 0.3 is 12.0 Å². The zero-order valence-corrected chi connectivity index (χ0v) is 15.1. The maximum atomic E-state index is 12.6. The van der Waals surface area contributed by atoms with E-state index in [-0.39, 0.29) is 6.03 Å². The van der Waals surface area contributed by atoms with Gasteiger partial charge in [0.1, 0.15) is 0 Å².